The Hall–Kier alpha value is -1.09. The number of hydrogen-bond donors (Lipinski definition) is 1. The molecule has 0 atom stereocenters. The third kappa shape index (κ3) is 3.03. The topological polar surface area (TPSA) is 21.3 Å². The van der Waals surface area contributed by atoms with E-state index in [9.17, 15) is 0 Å². The molecule has 1 aromatic carbocycles. The molecule has 0 aliphatic carbocycles. The molecule has 0 aliphatic rings. The monoisotopic (exact) mass is 195 g/mol. The van der Waals surface area contributed by atoms with Crippen molar-refractivity contribution in [2.24, 2.45) is 0 Å². The third-order valence-electron chi connectivity index (χ3n) is 1.79. The van der Waals surface area contributed by atoms with Crippen molar-refractivity contribution < 1.29 is 4.74 Å². The number of aryl methyl sites for hydroxylation is 1. The fourth-order valence-corrected chi connectivity index (χ4v) is 1.11. The third-order valence-corrected chi connectivity index (χ3v) is 2.06. The van der Waals surface area contributed by atoms with Crippen molar-refractivity contribution in [3.8, 4) is 0 Å². The van der Waals surface area contributed by atoms with Gasteiger partial charge in [-0.25, -0.2) is 0 Å². The van der Waals surface area contributed by atoms with Gasteiger partial charge >= 0.3 is 0 Å². The summed E-state index contributed by atoms with van der Waals surface area (Å²) in [7, 11) is 1.55. The highest BCUT2D eigenvalue weighted by molar-refractivity contribution is 7.80. The van der Waals surface area contributed by atoms with Crippen molar-refractivity contribution in [3.05, 3.63) is 29.8 Å². The number of benzene rings is 1. The van der Waals surface area contributed by atoms with Gasteiger partial charge in [0.2, 0.25) is 0 Å². The fraction of sp³-hybridized carbons (Fsp3) is 0.300. The zero-order valence-corrected chi connectivity index (χ0v) is 8.65. The van der Waals surface area contributed by atoms with Crippen LogP contribution in [0.3, 0.4) is 0 Å². The molecule has 1 rings (SSSR count). The molecule has 0 saturated carbocycles. The minimum Gasteiger partial charge on any atom is -0.474 e. The van der Waals surface area contributed by atoms with Crippen LogP contribution in [0.15, 0.2) is 24.3 Å². The molecule has 0 radical (unpaired) electrons. The zero-order chi connectivity index (χ0) is 9.68. The average Bonchev–Trinajstić information content (AvgIpc) is 2.19. The molecular weight excluding hydrogens is 182 g/mol. The number of ether oxygens (including phenoxy) is 1. The molecule has 0 heterocycles. The Labute approximate surface area is 83.9 Å². The first kappa shape index (κ1) is 9.99. The molecule has 0 spiro atoms. The van der Waals surface area contributed by atoms with E-state index < -0.39 is 0 Å². The maximum Gasteiger partial charge on any atom is 0.260 e. The van der Waals surface area contributed by atoms with E-state index >= 15 is 0 Å². The van der Waals surface area contributed by atoms with Gasteiger partial charge in [-0.05, 0) is 36.3 Å². The van der Waals surface area contributed by atoms with Crippen molar-refractivity contribution in [2.45, 2.75) is 13.3 Å². The van der Waals surface area contributed by atoms with Gasteiger partial charge in [0.15, 0.2) is 0 Å². The molecule has 0 saturated heterocycles. The van der Waals surface area contributed by atoms with E-state index in [-0.39, 0.29) is 0 Å². The summed E-state index contributed by atoms with van der Waals surface area (Å²) >= 11 is 4.87. The minimum absolute atomic E-state index is 0.393. The molecule has 0 fully saturated rings. The van der Waals surface area contributed by atoms with E-state index in [4.69, 9.17) is 17.0 Å². The van der Waals surface area contributed by atoms with E-state index in [1.165, 1.54) is 5.56 Å². The number of nitrogens with one attached hydrogen (secondary N) is 1. The van der Waals surface area contributed by atoms with Crippen LogP contribution < -0.4 is 5.32 Å². The lowest BCUT2D eigenvalue weighted by Gasteiger charge is -2.06. The standard InChI is InChI=1S/C10H13NOS/c1-3-8-4-6-9(7-5-8)11-10(13)12-2/h4-7H,3H2,1-2H3,(H,11,13). The van der Waals surface area contributed by atoms with Crippen LogP contribution in [0.1, 0.15) is 12.5 Å². The van der Waals surface area contributed by atoms with Crippen LogP contribution >= 0.6 is 12.2 Å². The van der Waals surface area contributed by atoms with E-state index in [0.717, 1.165) is 12.1 Å². The molecule has 1 aromatic rings. The zero-order valence-electron chi connectivity index (χ0n) is 7.83. The minimum atomic E-state index is 0.393. The fourth-order valence-electron chi connectivity index (χ4n) is 0.993. The molecule has 0 amide bonds. The Morgan fingerprint density at radius 3 is 2.46 bits per heavy atom. The van der Waals surface area contributed by atoms with Crippen LogP contribution in [0.5, 0.6) is 0 Å². The summed E-state index contributed by atoms with van der Waals surface area (Å²) in [6.45, 7) is 2.13. The highest BCUT2D eigenvalue weighted by Crippen LogP contribution is 2.09. The predicted molar refractivity (Wildman–Crippen MR) is 59.0 cm³/mol. The Bertz CT molecular complexity index is 281. The average molecular weight is 195 g/mol. The quantitative estimate of drug-likeness (QED) is 0.733. The lowest BCUT2D eigenvalue weighted by atomic mass is 10.1. The first-order valence-electron chi connectivity index (χ1n) is 4.20. The first-order chi connectivity index (χ1) is 6.26. The van der Waals surface area contributed by atoms with Gasteiger partial charge in [0.1, 0.15) is 0 Å². The lowest BCUT2D eigenvalue weighted by molar-refractivity contribution is 0.413. The molecule has 70 valence electrons. The molecule has 0 aliphatic heterocycles. The number of methoxy groups -OCH3 is 1. The summed E-state index contributed by atoms with van der Waals surface area (Å²) < 4.78 is 4.83. The second-order valence-electron chi connectivity index (χ2n) is 2.67. The Balaban J connectivity index is 2.64. The second kappa shape index (κ2) is 4.82. The molecule has 0 bridgehead atoms. The van der Waals surface area contributed by atoms with E-state index in [1.807, 2.05) is 12.1 Å². The number of thiocarbonyl (C=S) groups is 1. The Morgan fingerprint density at radius 2 is 2.00 bits per heavy atom. The van der Waals surface area contributed by atoms with Crippen molar-refractivity contribution >= 4 is 23.1 Å². The lowest BCUT2D eigenvalue weighted by Crippen LogP contribution is -2.10. The smallest absolute Gasteiger partial charge is 0.260 e. The van der Waals surface area contributed by atoms with Gasteiger partial charge in [0.25, 0.3) is 5.17 Å². The predicted octanol–water partition coefficient (Wildman–Crippen LogP) is 2.59. The Kier molecular flexibility index (Phi) is 3.71. The molecule has 3 heteroatoms. The highest BCUT2D eigenvalue weighted by atomic mass is 32.1. The molecule has 13 heavy (non-hydrogen) atoms. The van der Waals surface area contributed by atoms with Crippen LogP contribution in [-0.2, 0) is 11.2 Å². The van der Waals surface area contributed by atoms with Gasteiger partial charge in [0, 0.05) is 5.69 Å². The van der Waals surface area contributed by atoms with Crippen molar-refractivity contribution in [1.29, 1.82) is 0 Å². The summed E-state index contributed by atoms with van der Waals surface area (Å²) in [6.07, 6.45) is 1.05. The summed E-state index contributed by atoms with van der Waals surface area (Å²) in [4.78, 5) is 0. The first-order valence-corrected chi connectivity index (χ1v) is 4.61. The summed E-state index contributed by atoms with van der Waals surface area (Å²) in [5.41, 5.74) is 2.28. The number of rotatable bonds is 2. The molecule has 0 aromatic heterocycles. The van der Waals surface area contributed by atoms with Crippen LogP contribution in [0.2, 0.25) is 0 Å². The van der Waals surface area contributed by atoms with Crippen molar-refractivity contribution in [1.82, 2.24) is 0 Å². The van der Waals surface area contributed by atoms with Gasteiger partial charge in [-0.1, -0.05) is 19.1 Å². The summed E-state index contributed by atoms with van der Waals surface area (Å²) in [5, 5.41) is 3.34. The number of anilines is 1. The molecule has 0 unspecified atom stereocenters. The van der Waals surface area contributed by atoms with Crippen molar-refractivity contribution in [2.75, 3.05) is 12.4 Å². The summed E-state index contributed by atoms with van der Waals surface area (Å²) in [5.74, 6) is 0. The van der Waals surface area contributed by atoms with Crippen LogP contribution in [0, 0.1) is 0 Å². The second-order valence-corrected chi connectivity index (χ2v) is 3.04. The van der Waals surface area contributed by atoms with E-state index in [2.05, 4.69) is 24.4 Å². The Morgan fingerprint density at radius 1 is 1.38 bits per heavy atom. The van der Waals surface area contributed by atoms with Crippen molar-refractivity contribution in [3.63, 3.8) is 0 Å². The van der Waals surface area contributed by atoms with Gasteiger partial charge in [-0.3, -0.25) is 0 Å². The van der Waals surface area contributed by atoms with Gasteiger partial charge in [0.05, 0.1) is 7.11 Å². The van der Waals surface area contributed by atoms with Crippen LogP contribution in [0.25, 0.3) is 0 Å². The molecule has 2 nitrogen and oxygen atoms in total. The van der Waals surface area contributed by atoms with Crippen LogP contribution in [0.4, 0.5) is 5.69 Å². The van der Waals surface area contributed by atoms with E-state index in [0.29, 0.717) is 5.17 Å². The van der Waals surface area contributed by atoms with Gasteiger partial charge < -0.3 is 10.1 Å². The largest absolute Gasteiger partial charge is 0.474 e. The summed E-state index contributed by atoms with van der Waals surface area (Å²) in [6, 6.07) is 8.12. The van der Waals surface area contributed by atoms with Crippen LogP contribution in [-0.4, -0.2) is 12.3 Å². The maximum absolute atomic E-state index is 4.87. The number of hydrogen-bond acceptors (Lipinski definition) is 2. The SMILES string of the molecule is CCc1ccc(NC(=S)OC)cc1. The highest BCUT2D eigenvalue weighted by Gasteiger charge is 1.95. The normalized spacial score (nSPS) is 9.38. The maximum atomic E-state index is 4.87. The molecule has 1 N–H and O–H groups in total. The molecular formula is C10H13NOS. The van der Waals surface area contributed by atoms with Gasteiger partial charge in [-0.2, -0.15) is 0 Å². The van der Waals surface area contributed by atoms with E-state index in [1.54, 1.807) is 7.11 Å². The van der Waals surface area contributed by atoms with Gasteiger partial charge in [-0.15, -0.1) is 0 Å².